The van der Waals surface area contributed by atoms with Gasteiger partial charge in [0.15, 0.2) is 0 Å². The number of aromatic nitrogens is 5. The fourth-order valence-electron chi connectivity index (χ4n) is 6.05. The monoisotopic (exact) mass is 474 g/mol. The molecule has 2 aliphatic heterocycles. The van der Waals surface area contributed by atoms with Crippen LogP contribution in [0, 0.1) is 16.7 Å². The first-order valence-corrected chi connectivity index (χ1v) is 12.3. The predicted molar refractivity (Wildman–Crippen MR) is 128 cm³/mol. The number of carboxylic acid groups (broad SMARTS) is 1. The van der Waals surface area contributed by atoms with E-state index in [0.29, 0.717) is 24.4 Å². The van der Waals surface area contributed by atoms with Gasteiger partial charge >= 0.3 is 6.09 Å². The van der Waals surface area contributed by atoms with E-state index in [0.717, 1.165) is 54.6 Å². The largest absolute Gasteiger partial charge is 0.465 e. The Hall–Kier alpha value is -3.45. The third-order valence-corrected chi connectivity index (χ3v) is 8.38. The van der Waals surface area contributed by atoms with Crippen molar-refractivity contribution in [3.8, 4) is 17.3 Å². The van der Waals surface area contributed by atoms with Crippen molar-refractivity contribution in [3.63, 3.8) is 0 Å². The maximum absolute atomic E-state index is 11.8. The van der Waals surface area contributed by atoms with Gasteiger partial charge in [-0.15, -0.1) is 0 Å². The van der Waals surface area contributed by atoms with Crippen molar-refractivity contribution >= 4 is 17.1 Å². The second-order valence-electron chi connectivity index (χ2n) is 10.9. The number of carbonyl (C=O) groups is 1. The van der Waals surface area contributed by atoms with Gasteiger partial charge in [-0.2, -0.15) is 10.4 Å². The van der Waals surface area contributed by atoms with E-state index >= 15 is 0 Å². The van der Waals surface area contributed by atoms with Crippen molar-refractivity contribution in [1.82, 2.24) is 34.5 Å². The van der Waals surface area contributed by atoms with Gasteiger partial charge in [-0.1, -0.05) is 6.92 Å². The number of nitriles is 1. The smallest absolute Gasteiger partial charge is 0.407 e. The molecule has 0 radical (unpaired) electrons. The first-order chi connectivity index (χ1) is 16.9. The highest BCUT2D eigenvalue weighted by atomic mass is 16.4. The lowest BCUT2D eigenvalue weighted by molar-refractivity contribution is -0.0519. The van der Waals surface area contributed by atoms with Crippen molar-refractivity contribution in [2.45, 2.75) is 63.1 Å². The van der Waals surface area contributed by atoms with Gasteiger partial charge < -0.3 is 15.0 Å². The molecule has 3 aliphatic rings. The van der Waals surface area contributed by atoms with Crippen LogP contribution in [0.5, 0.6) is 0 Å². The lowest BCUT2D eigenvalue weighted by atomic mass is 9.81. The number of likely N-dealkylation sites (tertiary alicyclic amines) is 2. The summed E-state index contributed by atoms with van der Waals surface area (Å²) >= 11 is 0. The summed E-state index contributed by atoms with van der Waals surface area (Å²) in [5, 5.41) is 25.0. The minimum Gasteiger partial charge on any atom is -0.465 e. The number of nitrogens with zero attached hydrogens (tertiary/aromatic N) is 7. The van der Waals surface area contributed by atoms with Crippen LogP contribution >= 0.6 is 0 Å². The third-order valence-electron chi connectivity index (χ3n) is 8.38. The highest BCUT2D eigenvalue weighted by Gasteiger charge is 2.50. The van der Waals surface area contributed by atoms with E-state index in [9.17, 15) is 15.2 Å². The number of H-pyrrole nitrogens is 1. The van der Waals surface area contributed by atoms with E-state index in [-0.39, 0.29) is 11.6 Å². The van der Waals surface area contributed by atoms with Crippen LogP contribution < -0.4 is 0 Å². The quantitative estimate of drug-likeness (QED) is 0.560. The maximum atomic E-state index is 11.8. The number of hydrogen-bond acceptors (Lipinski definition) is 6. The zero-order valence-electron chi connectivity index (χ0n) is 19.9. The minimum absolute atomic E-state index is 0.0718. The Balaban J connectivity index is 1.19. The lowest BCUT2D eigenvalue weighted by Gasteiger charge is -2.54. The van der Waals surface area contributed by atoms with Gasteiger partial charge in [-0.05, 0) is 43.6 Å². The van der Waals surface area contributed by atoms with Gasteiger partial charge in [-0.3, -0.25) is 9.58 Å². The summed E-state index contributed by atoms with van der Waals surface area (Å²) in [5.41, 5.74) is 2.44. The summed E-state index contributed by atoms with van der Waals surface area (Å²) in [5.74, 6) is 0. The van der Waals surface area contributed by atoms with Gasteiger partial charge in [-0.25, -0.2) is 14.8 Å². The van der Waals surface area contributed by atoms with Crippen LogP contribution in [0.15, 0.2) is 31.0 Å². The Labute approximate surface area is 203 Å². The number of rotatable bonds is 6. The van der Waals surface area contributed by atoms with Crippen LogP contribution in [0.4, 0.5) is 4.79 Å². The van der Waals surface area contributed by atoms with E-state index < -0.39 is 6.09 Å². The molecule has 6 rings (SSSR count). The molecular formula is C25H30N8O2. The molecule has 2 unspecified atom stereocenters. The summed E-state index contributed by atoms with van der Waals surface area (Å²) in [6.07, 6.45) is 11.8. The van der Waals surface area contributed by atoms with Crippen LogP contribution in [0.3, 0.4) is 0 Å². The molecular weight excluding hydrogens is 444 g/mol. The number of piperidine rings is 1. The van der Waals surface area contributed by atoms with E-state index in [4.69, 9.17) is 0 Å². The summed E-state index contributed by atoms with van der Waals surface area (Å²) in [6, 6.07) is 4.74. The molecule has 2 atom stereocenters. The fraction of sp³-hybridized carbons (Fsp3) is 0.560. The Bertz CT molecular complexity index is 1300. The molecule has 3 aromatic heterocycles. The molecule has 5 heterocycles. The van der Waals surface area contributed by atoms with Crippen molar-refractivity contribution in [2.75, 3.05) is 19.6 Å². The Morgan fingerprint density at radius 2 is 2.17 bits per heavy atom. The van der Waals surface area contributed by atoms with Gasteiger partial charge in [0.05, 0.1) is 24.4 Å². The average Bonchev–Trinajstić information content (AvgIpc) is 3.20. The van der Waals surface area contributed by atoms with Crippen LogP contribution in [0.25, 0.3) is 22.3 Å². The SMILES string of the molecule is CC1(CC2CC(N3CC(CC#N)(n4cc(-c5ncnc6[nH]ccc56)cn4)C3)CCN2C(=O)O)CC1. The summed E-state index contributed by atoms with van der Waals surface area (Å²) < 4.78 is 1.94. The van der Waals surface area contributed by atoms with E-state index in [1.807, 2.05) is 29.3 Å². The molecule has 3 fully saturated rings. The molecule has 1 aliphatic carbocycles. The fourth-order valence-corrected chi connectivity index (χ4v) is 6.05. The first kappa shape index (κ1) is 22.0. The van der Waals surface area contributed by atoms with Crippen LogP contribution in [0.1, 0.15) is 45.4 Å². The Kier molecular flexibility index (Phi) is 5.07. The summed E-state index contributed by atoms with van der Waals surface area (Å²) in [7, 11) is 0. The lowest BCUT2D eigenvalue weighted by Crippen LogP contribution is -2.67. The second-order valence-corrected chi connectivity index (χ2v) is 10.9. The molecule has 2 saturated heterocycles. The zero-order chi connectivity index (χ0) is 24.2. The normalized spacial score (nSPS) is 25.2. The molecule has 10 nitrogen and oxygen atoms in total. The molecule has 182 valence electrons. The van der Waals surface area contributed by atoms with E-state index in [1.54, 1.807) is 11.2 Å². The molecule has 0 bridgehead atoms. The number of fused-ring (bicyclic) bond motifs is 1. The summed E-state index contributed by atoms with van der Waals surface area (Å²) in [4.78, 5) is 27.8. The van der Waals surface area contributed by atoms with E-state index in [1.165, 1.54) is 12.8 Å². The van der Waals surface area contributed by atoms with Crippen LogP contribution in [-0.4, -0.2) is 77.4 Å². The van der Waals surface area contributed by atoms with Gasteiger partial charge in [0.2, 0.25) is 0 Å². The highest BCUT2D eigenvalue weighted by Crippen LogP contribution is 2.51. The highest BCUT2D eigenvalue weighted by molar-refractivity contribution is 5.90. The topological polar surface area (TPSA) is 127 Å². The molecule has 35 heavy (non-hydrogen) atoms. The van der Waals surface area contributed by atoms with E-state index in [2.05, 4.69) is 37.9 Å². The standard InChI is InChI=1S/C25H30N8O2/c1-24(4-5-24)11-19-10-18(3-9-32(19)23(34)35)31-14-25(15-31,6-7-26)33-13-17(12-30-33)21-20-2-8-27-22(20)29-16-28-21/h2,8,12-13,16,18-19H,3-6,9-11,14-15H2,1H3,(H,34,35)(H,27,28,29). The van der Waals surface area contributed by atoms with Crippen LogP contribution in [-0.2, 0) is 5.54 Å². The number of hydrogen-bond donors (Lipinski definition) is 2. The maximum Gasteiger partial charge on any atom is 0.407 e. The molecule has 1 amide bonds. The van der Waals surface area contributed by atoms with Gasteiger partial charge in [0, 0.05) is 55.1 Å². The van der Waals surface area contributed by atoms with Gasteiger partial charge in [0.25, 0.3) is 0 Å². The second kappa shape index (κ2) is 8.05. The first-order valence-electron chi connectivity index (χ1n) is 12.3. The molecule has 1 saturated carbocycles. The van der Waals surface area contributed by atoms with Crippen molar-refractivity contribution in [2.24, 2.45) is 5.41 Å². The Morgan fingerprint density at radius 1 is 1.34 bits per heavy atom. The molecule has 0 aromatic carbocycles. The Morgan fingerprint density at radius 3 is 2.91 bits per heavy atom. The molecule has 3 aromatic rings. The number of amides is 1. The number of nitrogens with one attached hydrogen (secondary N) is 1. The number of aromatic amines is 1. The molecule has 2 N–H and O–H groups in total. The molecule has 10 heteroatoms. The van der Waals surface area contributed by atoms with Crippen LogP contribution in [0.2, 0.25) is 0 Å². The van der Waals surface area contributed by atoms with Gasteiger partial charge in [0.1, 0.15) is 17.5 Å². The summed E-state index contributed by atoms with van der Waals surface area (Å²) in [6.45, 7) is 4.33. The minimum atomic E-state index is -0.801. The predicted octanol–water partition coefficient (Wildman–Crippen LogP) is 3.45. The third kappa shape index (κ3) is 3.84. The zero-order valence-corrected chi connectivity index (χ0v) is 19.9. The van der Waals surface area contributed by atoms with Crippen molar-refractivity contribution in [1.29, 1.82) is 5.26 Å². The van der Waals surface area contributed by atoms with Crippen molar-refractivity contribution < 1.29 is 9.90 Å². The molecule has 0 spiro atoms. The van der Waals surface area contributed by atoms with Crippen molar-refractivity contribution in [3.05, 3.63) is 31.0 Å². The average molecular weight is 475 g/mol.